The lowest BCUT2D eigenvalue weighted by Crippen LogP contribution is -2.50. The van der Waals surface area contributed by atoms with Gasteiger partial charge < -0.3 is 0 Å². The van der Waals surface area contributed by atoms with Crippen LogP contribution in [-0.2, 0) is 0 Å². The van der Waals surface area contributed by atoms with Crippen molar-refractivity contribution in [2.45, 2.75) is 79.1 Å². The van der Waals surface area contributed by atoms with Crippen molar-refractivity contribution < 1.29 is 0 Å². The molecule has 0 aromatic heterocycles. The first kappa shape index (κ1) is 14.6. The maximum atomic E-state index is 2.66. The molecule has 4 rings (SSSR count). The summed E-state index contributed by atoms with van der Waals surface area (Å²) in [7, 11) is 0. The van der Waals surface area contributed by atoms with Crippen LogP contribution in [-0.4, -0.2) is 0 Å². The number of rotatable bonds is 0. The SMILES string of the molecule is CC1CCC2C3CC[C@]4(C)C(C)CCC4C3C[C@@H](C)[C@H]2C1. The van der Waals surface area contributed by atoms with Gasteiger partial charge in [-0.05, 0) is 97.7 Å². The van der Waals surface area contributed by atoms with Crippen molar-refractivity contribution in [2.24, 2.45) is 52.8 Å². The van der Waals surface area contributed by atoms with Crippen molar-refractivity contribution in [3.8, 4) is 0 Å². The fraction of sp³-hybridized carbons (Fsp3) is 1.00. The molecule has 0 radical (unpaired) electrons. The zero-order chi connectivity index (χ0) is 14.8. The summed E-state index contributed by atoms with van der Waals surface area (Å²) >= 11 is 0. The van der Waals surface area contributed by atoms with E-state index in [0.717, 1.165) is 47.3 Å². The first-order valence-electron chi connectivity index (χ1n) is 10.0. The highest BCUT2D eigenvalue weighted by atomic mass is 14.6. The fourth-order valence-electron chi connectivity index (χ4n) is 7.69. The van der Waals surface area contributed by atoms with Gasteiger partial charge in [-0.1, -0.05) is 34.1 Å². The molecule has 120 valence electrons. The third kappa shape index (κ3) is 2.07. The smallest absolute Gasteiger partial charge is 0.0269 e. The lowest BCUT2D eigenvalue weighted by Gasteiger charge is -2.58. The van der Waals surface area contributed by atoms with E-state index in [-0.39, 0.29) is 0 Å². The van der Waals surface area contributed by atoms with Crippen molar-refractivity contribution >= 4 is 0 Å². The summed E-state index contributed by atoms with van der Waals surface area (Å²) in [5, 5.41) is 0. The van der Waals surface area contributed by atoms with Gasteiger partial charge in [-0.3, -0.25) is 0 Å². The highest BCUT2D eigenvalue weighted by Crippen LogP contribution is 2.65. The summed E-state index contributed by atoms with van der Waals surface area (Å²) in [6, 6.07) is 0. The van der Waals surface area contributed by atoms with Gasteiger partial charge in [0, 0.05) is 0 Å². The topological polar surface area (TPSA) is 0 Å². The largest absolute Gasteiger partial charge is 0.0625 e. The monoisotopic (exact) mass is 288 g/mol. The molecule has 0 saturated heterocycles. The van der Waals surface area contributed by atoms with E-state index >= 15 is 0 Å². The third-order valence-electron chi connectivity index (χ3n) is 9.11. The van der Waals surface area contributed by atoms with E-state index in [9.17, 15) is 0 Å². The van der Waals surface area contributed by atoms with Crippen LogP contribution in [0.4, 0.5) is 0 Å². The zero-order valence-corrected chi connectivity index (χ0v) is 14.8. The molecule has 0 bridgehead atoms. The second-order valence-corrected chi connectivity index (χ2v) is 9.92. The minimum atomic E-state index is 0.704. The van der Waals surface area contributed by atoms with Gasteiger partial charge in [0.05, 0.1) is 0 Å². The van der Waals surface area contributed by atoms with Crippen LogP contribution in [0.2, 0.25) is 0 Å². The molecule has 4 fully saturated rings. The molecule has 21 heavy (non-hydrogen) atoms. The van der Waals surface area contributed by atoms with E-state index in [2.05, 4.69) is 27.7 Å². The summed E-state index contributed by atoms with van der Waals surface area (Å²) in [6.45, 7) is 10.3. The van der Waals surface area contributed by atoms with E-state index < -0.39 is 0 Å². The van der Waals surface area contributed by atoms with E-state index in [1.807, 2.05) is 0 Å². The molecule has 0 heteroatoms. The normalized spacial score (nSPS) is 60.0. The van der Waals surface area contributed by atoms with Crippen LogP contribution in [0.15, 0.2) is 0 Å². The number of fused-ring (bicyclic) bond motifs is 5. The van der Waals surface area contributed by atoms with Gasteiger partial charge >= 0.3 is 0 Å². The first-order chi connectivity index (χ1) is 10.0. The molecule has 0 N–H and O–H groups in total. The average molecular weight is 289 g/mol. The molecule has 0 amide bonds. The van der Waals surface area contributed by atoms with Crippen molar-refractivity contribution in [1.82, 2.24) is 0 Å². The first-order valence-corrected chi connectivity index (χ1v) is 10.0. The van der Waals surface area contributed by atoms with Gasteiger partial charge in [0.25, 0.3) is 0 Å². The molecule has 0 nitrogen and oxygen atoms in total. The average Bonchev–Trinajstić information content (AvgIpc) is 2.76. The molecule has 4 saturated carbocycles. The Morgan fingerprint density at radius 3 is 2.29 bits per heavy atom. The number of hydrogen-bond donors (Lipinski definition) is 0. The minimum Gasteiger partial charge on any atom is -0.0625 e. The lowest BCUT2D eigenvalue weighted by atomic mass is 9.47. The van der Waals surface area contributed by atoms with Gasteiger partial charge in [-0.25, -0.2) is 0 Å². The number of hydrogen-bond acceptors (Lipinski definition) is 0. The lowest BCUT2D eigenvalue weighted by molar-refractivity contribution is -0.0859. The molecule has 6 unspecified atom stereocenters. The van der Waals surface area contributed by atoms with E-state index in [1.54, 1.807) is 38.5 Å². The maximum absolute atomic E-state index is 2.66. The standard InChI is InChI=1S/C21H36/c1-13-5-7-16-17-9-10-21(4)15(3)6-8-20(21)19(17)12-14(2)18(16)11-13/h13-20H,5-12H2,1-4H3/t13?,14-,15?,16?,17?,18-,19?,20?,21-/m1/s1. The highest BCUT2D eigenvalue weighted by Gasteiger charge is 2.56. The van der Waals surface area contributed by atoms with Crippen LogP contribution in [0.3, 0.4) is 0 Å². The van der Waals surface area contributed by atoms with Crippen molar-refractivity contribution in [1.29, 1.82) is 0 Å². The van der Waals surface area contributed by atoms with Crippen molar-refractivity contribution in [3.63, 3.8) is 0 Å². The molecule has 0 aliphatic heterocycles. The van der Waals surface area contributed by atoms with E-state index in [1.165, 1.54) is 12.8 Å². The Balaban J connectivity index is 1.60. The third-order valence-corrected chi connectivity index (χ3v) is 9.11. The Labute approximate surface area is 132 Å². The fourth-order valence-corrected chi connectivity index (χ4v) is 7.69. The Morgan fingerprint density at radius 1 is 0.714 bits per heavy atom. The molecule has 0 aromatic rings. The summed E-state index contributed by atoms with van der Waals surface area (Å²) in [6.07, 6.45) is 12.4. The van der Waals surface area contributed by atoms with E-state index in [0.29, 0.717) is 5.41 Å². The quantitative estimate of drug-likeness (QED) is 0.501. The van der Waals surface area contributed by atoms with Gasteiger partial charge in [-0.2, -0.15) is 0 Å². The molecule has 4 aliphatic rings. The predicted molar refractivity (Wildman–Crippen MR) is 90.0 cm³/mol. The van der Waals surface area contributed by atoms with Crippen LogP contribution >= 0.6 is 0 Å². The molecule has 0 spiro atoms. The molecule has 9 atom stereocenters. The van der Waals surface area contributed by atoms with Crippen LogP contribution in [0.1, 0.15) is 79.1 Å². The zero-order valence-electron chi connectivity index (χ0n) is 14.8. The molecular weight excluding hydrogens is 252 g/mol. The molecule has 0 aromatic carbocycles. The summed E-state index contributed by atoms with van der Waals surface area (Å²) in [5.41, 5.74) is 0.704. The summed E-state index contributed by atoms with van der Waals surface area (Å²) in [4.78, 5) is 0. The summed E-state index contributed by atoms with van der Waals surface area (Å²) < 4.78 is 0. The van der Waals surface area contributed by atoms with Crippen molar-refractivity contribution in [2.75, 3.05) is 0 Å². The maximum Gasteiger partial charge on any atom is -0.0269 e. The molecule has 0 heterocycles. The van der Waals surface area contributed by atoms with Crippen LogP contribution in [0.25, 0.3) is 0 Å². The van der Waals surface area contributed by atoms with Gasteiger partial charge in [0.1, 0.15) is 0 Å². The van der Waals surface area contributed by atoms with Crippen LogP contribution < -0.4 is 0 Å². The summed E-state index contributed by atoms with van der Waals surface area (Å²) in [5.74, 6) is 8.48. The van der Waals surface area contributed by atoms with Gasteiger partial charge in [0.2, 0.25) is 0 Å². The molecule has 4 aliphatic carbocycles. The predicted octanol–water partition coefficient (Wildman–Crippen LogP) is 6.16. The Bertz CT molecular complexity index is 399. The highest BCUT2D eigenvalue weighted by molar-refractivity contribution is 5.06. The van der Waals surface area contributed by atoms with Gasteiger partial charge in [0.15, 0.2) is 0 Å². The molecular formula is C21H36. The van der Waals surface area contributed by atoms with E-state index in [4.69, 9.17) is 0 Å². The Morgan fingerprint density at radius 2 is 1.48 bits per heavy atom. The van der Waals surface area contributed by atoms with Crippen LogP contribution in [0, 0.1) is 52.8 Å². The van der Waals surface area contributed by atoms with Crippen molar-refractivity contribution in [3.05, 3.63) is 0 Å². The van der Waals surface area contributed by atoms with Crippen LogP contribution in [0.5, 0.6) is 0 Å². The Hall–Kier alpha value is 0. The second-order valence-electron chi connectivity index (χ2n) is 9.92. The Kier molecular flexibility index (Phi) is 3.47. The minimum absolute atomic E-state index is 0.704. The van der Waals surface area contributed by atoms with Gasteiger partial charge in [-0.15, -0.1) is 0 Å². The second kappa shape index (κ2) is 5.00.